The van der Waals surface area contributed by atoms with Gasteiger partial charge in [0.2, 0.25) is 0 Å². The van der Waals surface area contributed by atoms with E-state index in [1.807, 2.05) is 23.7 Å². The molecule has 0 amide bonds. The molecule has 2 heterocycles. The molecule has 0 aliphatic carbocycles. The number of pyridine rings is 1. The predicted molar refractivity (Wildman–Crippen MR) is 90.3 cm³/mol. The van der Waals surface area contributed by atoms with Crippen molar-refractivity contribution < 1.29 is 9.18 Å². The normalized spacial score (nSPS) is 12.1. The Morgan fingerprint density at radius 1 is 1.12 bits per heavy atom. The molecule has 2 aromatic heterocycles. The molecule has 0 aliphatic heterocycles. The fraction of sp³-hybridized carbons (Fsp3) is 0.176. The van der Waals surface area contributed by atoms with Gasteiger partial charge in [0, 0.05) is 30.6 Å². The van der Waals surface area contributed by atoms with Crippen molar-refractivity contribution in [1.82, 2.24) is 19.7 Å². The van der Waals surface area contributed by atoms with Gasteiger partial charge in [-0.3, -0.25) is 9.78 Å². The number of nitrogens with zero attached hydrogens (tertiary/aromatic N) is 4. The van der Waals surface area contributed by atoms with E-state index in [1.54, 1.807) is 19.3 Å². The molecule has 0 spiro atoms. The lowest BCUT2D eigenvalue weighted by molar-refractivity contribution is 0.0994. The summed E-state index contributed by atoms with van der Waals surface area (Å²) in [5.41, 5.74) is 1.39. The molecule has 3 aromatic rings. The van der Waals surface area contributed by atoms with E-state index in [4.69, 9.17) is 0 Å². The fourth-order valence-electron chi connectivity index (χ4n) is 2.23. The maximum atomic E-state index is 13.0. The first kappa shape index (κ1) is 16.3. The Morgan fingerprint density at radius 2 is 1.79 bits per heavy atom. The number of hydrogen-bond acceptors (Lipinski definition) is 5. The number of halogens is 1. The maximum absolute atomic E-state index is 13.0. The van der Waals surface area contributed by atoms with Gasteiger partial charge in [-0.15, -0.1) is 10.2 Å². The van der Waals surface area contributed by atoms with Crippen LogP contribution in [0.3, 0.4) is 0 Å². The number of Topliss-reactive ketones (excluding diaryl/α,β-unsaturated/α-hetero) is 1. The lowest BCUT2D eigenvalue weighted by Gasteiger charge is -2.10. The van der Waals surface area contributed by atoms with Gasteiger partial charge in [-0.25, -0.2) is 4.39 Å². The minimum Gasteiger partial charge on any atom is -0.305 e. The summed E-state index contributed by atoms with van der Waals surface area (Å²) in [7, 11) is 1.85. The van der Waals surface area contributed by atoms with E-state index in [1.165, 1.54) is 36.0 Å². The molecule has 0 radical (unpaired) electrons. The number of hydrogen-bond donors (Lipinski definition) is 0. The molecule has 0 saturated heterocycles. The topological polar surface area (TPSA) is 60.7 Å². The number of carbonyl (C=O) groups excluding carboxylic acids is 1. The molecule has 0 N–H and O–H groups in total. The van der Waals surface area contributed by atoms with Crippen molar-refractivity contribution >= 4 is 17.5 Å². The molecule has 24 heavy (non-hydrogen) atoms. The smallest absolute Gasteiger partial charge is 0.191 e. The van der Waals surface area contributed by atoms with E-state index in [0.29, 0.717) is 16.5 Å². The molecule has 3 rings (SSSR count). The third-order valence-corrected chi connectivity index (χ3v) is 4.69. The Hall–Kier alpha value is -2.54. The van der Waals surface area contributed by atoms with Crippen LogP contribution < -0.4 is 0 Å². The van der Waals surface area contributed by atoms with E-state index in [-0.39, 0.29) is 16.9 Å². The molecular weight excluding hydrogens is 327 g/mol. The summed E-state index contributed by atoms with van der Waals surface area (Å²) in [5.74, 6) is 0.275. The van der Waals surface area contributed by atoms with Gasteiger partial charge in [-0.2, -0.15) is 0 Å². The molecule has 122 valence electrons. The van der Waals surface area contributed by atoms with Crippen molar-refractivity contribution in [3.63, 3.8) is 0 Å². The highest BCUT2D eigenvalue weighted by Gasteiger charge is 2.20. The Kier molecular flexibility index (Phi) is 4.71. The number of carbonyl (C=O) groups is 1. The van der Waals surface area contributed by atoms with Crippen LogP contribution >= 0.6 is 11.8 Å². The molecule has 0 fully saturated rings. The van der Waals surface area contributed by atoms with Gasteiger partial charge in [0.25, 0.3) is 0 Å². The zero-order chi connectivity index (χ0) is 17.1. The van der Waals surface area contributed by atoms with Gasteiger partial charge in [0.15, 0.2) is 16.8 Å². The summed E-state index contributed by atoms with van der Waals surface area (Å²) in [5, 5.41) is 8.64. The molecule has 0 unspecified atom stereocenters. The summed E-state index contributed by atoms with van der Waals surface area (Å²) in [6.45, 7) is 1.80. The SMILES string of the molecule is C[C@H](Sc1nnc(-c2ccncc2)n1C)C(=O)c1ccc(F)cc1. The summed E-state index contributed by atoms with van der Waals surface area (Å²) >= 11 is 1.32. The molecule has 0 aliphatic rings. The first-order valence-electron chi connectivity index (χ1n) is 7.32. The molecule has 0 saturated carbocycles. The van der Waals surface area contributed by atoms with Crippen molar-refractivity contribution in [2.75, 3.05) is 0 Å². The highest BCUT2D eigenvalue weighted by Crippen LogP contribution is 2.27. The van der Waals surface area contributed by atoms with Gasteiger partial charge in [-0.1, -0.05) is 11.8 Å². The Labute approximate surface area is 143 Å². The predicted octanol–water partition coefficient (Wildman–Crippen LogP) is 3.38. The van der Waals surface area contributed by atoms with Gasteiger partial charge in [0.1, 0.15) is 5.82 Å². The van der Waals surface area contributed by atoms with E-state index in [0.717, 1.165) is 5.56 Å². The molecule has 5 nitrogen and oxygen atoms in total. The van der Waals surface area contributed by atoms with Crippen molar-refractivity contribution in [1.29, 1.82) is 0 Å². The molecular formula is C17H15FN4OS. The lowest BCUT2D eigenvalue weighted by atomic mass is 10.1. The van der Waals surface area contributed by atoms with Gasteiger partial charge < -0.3 is 4.57 Å². The van der Waals surface area contributed by atoms with Crippen molar-refractivity contribution in [2.24, 2.45) is 7.05 Å². The summed E-state index contributed by atoms with van der Waals surface area (Å²) in [4.78, 5) is 16.4. The van der Waals surface area contributed by atoms with Gasteiger partial charge >= 0.3 is 0 Å². The third-order valence-electron chi connectivity index (χ3n) is 3.55. The Bertz CT molecular complexity index is 849. The fourth-order valence-corrected chi connectivity index (χ4v) is 3.12. The second-order valence-electron chi connectivity index (χ2n) is 5.23. The first-order chi connectivity index (χ1) is 11.6. The largest absolute Gasteiger partial charge is 0.305 e. The average molecular weight is 342 g/mol. The van der Waals surface area contributed by atoms with Crippen molar-refractivity contribution in [3.05, 3.63) is 60.2 Å². The highest BCUT2D eigenvalue weighted by atomic mass is 32.2. The minimum atomic E-state index is -0.359. The molecule has 0 bridgehead atoms. The van der Waals surface area contributed by atoms with Crippen LogP contribution in [0.4, 0.5) is 4.39 Å². The Balaban J connectivity index is 1.78. The minimum absolute atomic E-state index is 0.0755. The van der Waals surface area contributed by atoms with Crippen molar-refractivity contribution in [2.45, 2.75) is 17.3 Å². The van der Waals surface area contributed by atoms with Gasteiger partial charge in [-0.05, 0) is 43.3 Å². The number of ketones is 1. The quantitative estimate of drug-likeness (QED) is 0.525. The Morgan fingerprint density at radius 3 is 2.46 bits per heavy atom. The van der Waals surface area contributed by atoms with Crippen LogP contribution in [0.5, 0.6) is 0 Å². The number of rotatable bonds is 5. The summed E-state index contributed by atoms with van der Waals surface area (Å²) < 4.78 is 14.8. The monoisotopic (exact) mass is 342 g/mol. The molecule has 1 aromatic carbocycles. The number of thioether (sulfide) groups is 1. The van der Waals surface area contributed by atoms with Crippen LogP contribution in [0.2, 0.25) is 0 Å². The van der Waals surface area contributed by atoms with Crippen LogP contribution in [0.1, 0.15) is 17.3 Å². The zero-order valence-electron chi connectivity index (χ0n) is 13.2. The maximum Gasteiger partial charge on any atom is 0.191 e. The second kappa shape index (κ2) is 6.92. The second-order valence-corrected chi connectivity index (χ2v) is 6.54. The van der Waals surface area contributed by atoms with Crippen LogP contribution in [0.15, 0.2) is 53.9 Å². The van der Waals surface area contributed by atoms with E-state index in [2.05, 4.69) is 15.2 Å². The molecule has 1 atom stereocenters. The number of benzene rings is 1. The van der Waals surface area contributed by atoms with Crippen LogP contribution in [0, 0.1) is 5.82 Å². The third kappa shape index (κ3) is 3.35. The highest BCUT2D eigenvalue weighted by molar-refractivity contribution is 8.00. The van der Waals surface area contributed by atoms with Crippen LogP contribution in [-0.4, -0.2) is 30.8 Å². The van der Waals surface area contributed by atoms with E-state index >= 15 is 0 Å². The first-order valence-corrected chi connectivity index (χ1v) is 8.20. The van der Waals surface area contributed by atoms with E-state index < -0.39 is 0 Å². The average Bonchev–Trinajstić information content (AvgIpc) is 2.96. The summed E-state index contributed by atoms with van der Waals surface area (Å²) in [6, 6.07) is 9.27. The van der Waals surface area contributed by atoms with Crippen LogP contribution in [0.25, 0.3) is 11.4 Å². The van der Waals surface area contributed by atoms with Gasteiger partial charge in [0.05, 0.1) is 5.25 Å². The molecule has 7 heteroatoms. The lowest BCUT2D eigenvalue weighted by Crippen LogP contribution is -2.14. The standard InChI is InChI=1S/C17H15FN4OS/c1-11(15(23)12-3-5-14(18)6-4-12)24-17-21-20-16(22(17)2)13-7-9-19-10-8-13/h3-11H,1-2H3/t11-/m0/s1. The zero-order valence-corrected chi connectivity index (χ0v) is 14.0. The number of aromatic nitrogens is 4. The van der Waals surface area contributed by atoms with Crippen LogP contribution in [-0.2, 0) is 7.05 Å². The van der Waals surface area contributed by atoms with E-state index in [9.17, 15) is 9.18 Å². The summed E-state index contributed by atoms with van der Waals surface area (Å²) in [6.07, 6.45) is 3.38. The van der Waals surface area contributed by atoms with Crippen molar-refractivity contribution in [3.8, 4) is 11.4 Å².